The van der Waals surface area contributed by atoms with Crippen molar-refractivity contribution in [2.45, 2.75) is 138 Å². The Morgan fingerprint density at radius 1 is 0.127 bits per heavy atom. The van der Waals surface area contributed by atoms with Crippen LogP contribution in [0.15, 0.2) is 364 Å². The van der Waals surface area contributed by atoms with Crippen LogP contribution in [0.3, 0.4) is 0 Å². The van der Waals surface area contributed by atoms with Crippen LogP contribution in [0.5, 0.6) is 0 Å². The zero-order valence-electron chi connectivity index (χ0n) is 88.7. The van der Waals surface area contributed by atoms with Crippen LogP contribution in [-0.4, -0.2) is 0 Å². The fourth-order valence-corrected chi connectivity index (χ4v) is 14.9. The molecule has 0 spiro atoms. The molecule has 10 heteroatoms. The quantitative estimate of drug-likeness (QED) is 0.120. The summed E-state index contributed by atoms with van der Waals surface area (Å²) in [5.41, 5.74) is 47.1. The molecular weight excluding hydrogens is 3520 g/mol. The van der Waals surface area contributed by atoms with Gasteiger partial charge in [-0.1, -0.05) is 138 Å². The van der Waals surface area contributed by atoms with E-state index in [4.69, 9.17) is 0 Å². The molecule has 20 rings (SSSR count). The van der Waals surface area contributed by atoms with Crippen molar-refractivity contribution < 1.29 is 211 Å². The summed E-state index contributed by atoms with van der Waals surface area (Å²) in [6.07, 6.45) is 0. The van der Waals surface area contributed by atoms with E-state index in [1.165, 1.54) is 94.6 Å². The van der Waals surface area contributed by atoms with Crippen LogP contribution in [-0.2, 0) is 211 Å². The summed E-state index contributed by atoms with van der Waals surface area (Å²) in [4.78, 5) is 0. The summed E-state index contributed by atoms with van der Waals surface area (Å²) >= 11 is 0. The van der Waals surface area contributed by atoms with E-state index in [9.17, 15) is 0 Å². The second-order valence-corrected chi connectivity index (χ2v) is 35.0. The summed E-state index contributed by atoms with van der Waals surface area (Å²) in [7, 11) is 0. The average molecular weight is 3640 g/mol. The predicted molar refractivity (Wildman–Crippen MR) is 590 cm³/mol. The van der Waals surface area contributed by atoms with Gasteiger partial charge in [-0.3, -0.25) is 0 Å². The Morgan fingerprint density at radius 2 is 0.400 bits per heavy atom. The Labute approximate surface area is 1040 Å². The fourth-order valence-electron chi connectivity index (χ4n) is 14.9. The summed E-state index contributed by atoms with van der Waals surface area (Å²) < 4.78 is 0. The van der Waals surface area contributed by atoms with Gasteiger partial charge < -0.3 is 0 Å². The van der Waals surface area contributed by atoms with Crippen LogP contribution in [0.1, 0.15) is 111 Å². The van der Waals surface area contributed by atoms with Gasteiger partial charge in [0.25, 0.3) is 0 Å². The molecule has 0 amide bonds. The molecule has 0 bridgehead atoms. The maximum Gasteiger partial charge on any atom is 2.00 e. The molecule has 0 nitrogen and oxygen atoms in total. The molecule has 0 aliphatic rings. The van der Waals surface area contributed by atoms with Crippen LogP contribution in [0.25, 0.3) is 111 Å². The maximum atomic E-state index is 3.36. The molecule has 0 saturated heterocycles. The topological polar surface area (TPSA) is 0 Å². The molecule has 740 valence electrons. The van der Waals surface area contributed by atoms with Crippen molar-refractivity contribution in [2.24, 2.45) is 0 Å². The minimum Gasteiger partial charge on any atom is -0.226 e. The first-order valence-electron chi connectivity index (χ1n) is 47.3. The molecule has 150 heavy (non-hydrogen) atoms. The van der Waals surface area contributed by atoms with Gasteiger partial charge in [-0.25, -0.2) is 111 Å². The van der Waals surface area contributed by atoms with Crippen molar-refractivity contribution >= 4 is 0 Å². The zero-order chi connectivity index (χ0) is 99.7. The van der Waals surface area contributed by atoms with E-state index in [2.05, 4.69) is 484 Å². The van der Waals surface area contributed by atoms with Crippen molar-refractivity contribution in [1.29, 1.82) is 0 Å². The Balaban J connectivity index is 0.000000827. The van der Waals surface area contributed by atoms with Crippen LogP contribution < -0.4 is 0 Å². The van der Waals surface area contributed by atoms with E-state index >= 15 is 0 Å². The van der Waals surface area contributed by atoms with Crippen molar-refractivity contribution in [3.8, 4) is 111 Å². The first-order chi connectivity index (χ1) is 67.6. The summed E-state index contributed by atoms with van der Waals surface area (Å²) in [5, 5.41) is 0. The third-order valence-corrected chi connectivity index (χ3v) is 22.6. The summed E-state index contributed by atoms with van der Waals surface area (Å²) in [5.74, 6) is 0. The molecule has 0 aliphatic carbocycles. The van der Waals surface area contributed by atoms with E-state index in [0.717, 1.165) is 128 Å². The van der Waals surface area contributed by atoms with Crippen molar-refractivity contribution in [3.63, 3.8) is 0 Å². The smallest absolute Gasteiger partial charge is 0.226 e. The number of hydrogen-bond acceptors (Lipinski definition) is 0. The second kappa shape index (κ2) is 74.4. The Bertz CT molecular complexity index is 6750. The Kier molecular flexibility index (Phi) is 69.1. The van der Waals surface area contributed by atoms with Gasteiger partial charge in [0.05, 0.1) is 0 Å². The van der Waals surface area contributed by atoms with Gasteiger partial charge in [-0.15, -0.1) is 187 Å². The van der Waals surface area contributed by atoms with E-state index in [1.54, 1.807) is 0 Å². The number of benzene rings is 20. The third kappa shape index (κ3) is 47.3. The first-order valence-corrected chi connectivity index (χ1v) is 47.3. The van der Waals surface area contributed by atoms with Crippen LogP contribution in [0, 0.1) is 260 Å². The number of rotatable bonds is 10. The van der Waals surface area contributed by atoms with Gasteiger partial charge in [-0.2, -0.15) is 410 Å². The molecular formula is C140H120W10. The van der Waals surface area contributed by atoms with Gasteiger partial charge in [-0.05, 0) is 0 Å². The normalized spacial score (nSPS) is 9.47. The maximum absolute atomic E-state index is 3.36. The molecule has 0 atom stereocenters. The van der Waals surface area contributed by atoms with Crippen LogP contribution in [0.4, 0.5) is 0 Å². The second-order valence-electron chi connectivity index (χ2n) is 35.0. The molecule has 0 saturated carbocycles. The molecule has 20 aromatic rings. The average Bonchev–Trinajstić information content (AvgIpc) is 0.822. The molecule has 0 fully saturated rings. The molecule has 0 heterocycles. The van der Waals surface area contributed by atoms with Crippen molar-refractivity contribution in [2.75, 3.05) is 0 Å². The predicted octanol–water partition coefficient (Wildman–Crippen LogP) is 35.7. The molecule has 0 unspecified atom stereocenters. The SMILES string of the molecule is Cc1[c-]c(-c2[c-]c(C)ccc2)ccc1.Cc1[c-]c(-c2[c-]ccc(C)c2)ccc1.Cc1[c-]c(-c2[c-]cccc2)c(C)cc1.Cc1[c-]c(-c2[c-]cccc2)cc(C)c1.Cc1[c-]c(-c2[c-]cccc2)ccc1C.Cc1[c-]c(-c2[c-]cccc2C)ccc1.Cc1c[c-]c(-c2[c-]cc(C)cc2)cc1.Cc1cc[c-]c(-c2[c-]ccc(C)c2)c1.Cc1cc[c-]c(-c2[c-]cccc2C)c1.Cc1ccc[c-]c1-c1[c-]cccc1C.[W+2].[W+2].[W+2].[W+2].[W+2].[W+2].[W+2].[W+2].[W+2].[W+2]. The van der Waals surface area contributed by atoms with Crippen LogP contribution >= 0.6 is 0 Å². The fraction of sp³-hybridized carbons (Fsp3) is 0.143. The minimum absolute atomic E-state index is 0. The van der Waals surface area contributed by atoms with E-state index < -0.39 is 0 Å². The van der Waals surface area contributed by atoms with Crippen molar-refractivity contribution in [1.82, 2.24) is 0 Å². The summed E-state index contributed by atoms with van der Waals surface area (Å²) in [6.45, 7) is 41.7. The summed E-state index contributed by atoms with van der Waals surface area (Å²) in [6, 6.07) is 188. The Hall–Kier alpha value is -8.72. The van der Waals surface area contributed by atoms with Crippen LogP contribution in [0.2, 0.25) is 0 Å². The molecule has 0 aromatic heterocycles. The molecule has 0 radical (unpaired) electrons. The van der Waals surface area contributed by atoms with Crippen molar-refractivity contribution in [3.05, 3.63) is 597 Å². The standard InChI is InChI=1S/10C14H12.10W/c1-11-3-7-13(8-4-11)14-9-5-12(2)6-10-14;3*1-11-5-3-7-13(9-11)14-8-4-6-12(2)10-14;1-11-7-3-5-9-13(11)14-10-6-4-8-12(14)2;2*1-11-6-5-8-13(10-11)14-9-4-3-7-12(14)2;1-11-8-12(2)10-14(9-11)13-6-4-3-5-7-13;1-11-8-9-14(10-12(11)2)13-6-4-3-5-7-13;1-11-8-9-12(2)14(10-11)13-6-4-3-5-7-13;;;;;;;;;;/h3-7,9H,1-2H3;3-6,9-10H,1-2H3;3-7,10H,1-2H3;2*3-8H,1-2H3;3-7,10H,1-2H3;3-8H,1-2H3;3*3-6,8-9H,1-2H3;;;;;;;;;;/q10*-2;10*+2. The van der Waals surface area contributed by atoms with Gasteiger partial charge in [0.1, 0.15) is 0 Å². The van der Waals surface area contributed by atoms with Gasteiger partial charge >= 0.3 is 211 Å². The Morgan fingerprint density at radius 3 is 0.753 bits per heavy atom. The van der Waals surface area contributed by atoms with Gasteiger partial charge in [0.2, 0.25) is 0 Å². The number of hydrogen-bond donors (Lipinski definition) is 0. The largest absolute Gasteiger partial charge is 2.00 e. The van der Waals surface area contributed by atoms with E-state index in [0.29, 0.717) is 0 Å². The van der Waals surface area contributed by atoms with Gasteiger partial charge in [0.15, 0.2) is 0 Å². The third-order valence-electron chi connectivity index (χ3n) is 22.6. The first kappa shape index (κ1) is 139. The zero-order valence-corrected chi connectivity index (χ0v) is 118. The van der Waals surface area contributed by atoms with E-state index in [1.807, 2.05) is 140 Å². The minimum atomic E-state index is 0. The number of aryl methyl sites for hydroxylation is 20. The monoisotopic (exact) mass is 3640 g/mol. The molecule has 20 aromatic carbocycles. The van der Waals surface area contributed by atoms with Gasteiger partial charge in [0, 0.05) is 0 Å². The molecule has 0 N–H and O–H groups in total. The molecule has 0 aliphatic heterocycles. The van der Waals surface area contributed by atoms with E-state index in [-0.39, 0.29) is 211 Å².